The van der Waals surface area contributed by atoms with Crippen LogP contribution in [0, 0.1) is 23.2 Å². The first-order valence-electron chi connectivity index (χ1n) is 4.73. The number of rotatable bonds is 6. The molecule has 0 aromatic heterocycles. The van der Waals surface area contributed by atoms with Crippen LogP contribution in [0.2, 0.25) is 0 Å². The minimum absolute atomic E-state index is 0.0677. The number of nitrogens with one attached hydrogen (secondary N) is 1. The lowest BCUT2D eigenvalue weighted by molar-refractivity contribution is 0.146. The zero-order valence-corrected chi connectivity index (χ0v) is 9.00. The Balaban J connectivity index is 3.76. The minimum Gasteiger partial charge on any atom is -0.383 e. The van der Waals surface area contributed by atoms with Gasteiger partial charge in [-0.1, -0.05) is 13.8 Å². The minimum atomic E-state index is 0.0677. The molecule has 0 saturated heterocycles. The van der Waals surface area contributed by atoms with Crippen LogP contribution in [0.4, 0.5) is 0 Å². The topological polar surface area (TPSA) is 45.0 Å². The van der Waals surface area contributed by atoms with Crippen molar-refractivity contribution in [3.8, 4) is 6.07 Å². The van der Waals surface area contributed by atoms with Gasteiger partial charge in [0.15, 0.2) is 0 Å². The molecule has 0 aliphatic carbocycles. The fraction of sp³-hybridized carbons (Fsp3) is 0.900. The molecule has 0 amide bonds. The van der Waals surface area contributed by atoms with Crippen LogP contribution < -0.4 is 5.32 Å². The van der Waals surface area contributed by atoms with Crippen molar-refractivity contribution >= 4 is 0 Å². The van der Waals surface area contributed by atoms with Crippen molar-refractivity contribution in [1.29, 1.82) is 5.26 Å². The van der Waals surface area contributed by atoms with Gasteiger partial charge in [-0.05, 0) is 12.8 Å². The van der Waals surface area contributed by atoms with Gasteiger partial charge in [-0.2, -0.15) is 5.26 Å². The normalized spacial score (nSPS) is 15.4. The summed E-state index contributed by atoms with van der Waals surface area (Å²) in [5.74, 6) is 0.601. The van der Waals surface area contributed by atoms with Gasteiger partial charge in [0.2, 0.25) is 0 Å². The van der Waals surface area contributed by atoms with E-state index in [1.807, 2.05) is 6.92 Å². The van der Waals surface area contributed by atoms with Gasteiger partial charge in [0, 0.05) is 19.7 Å². The van der Waals surface area contributed by atoms with Crippen LogP contribution in [0.1, 0.15) is 20.8 Å². The smallest absolute Gasteiger partial charge is 0.0666 e. The molecule has 0 fully saturated rings. The van der Waals surface area contributed by atoms with Crippen molar-refractivity contribution in [2.75, 3.05) is 20.3 Å². The third kappa shape index (κ3) is 5.62. The summed E-state index contributed by atoms with van der Waals surface area (Å²) in [5.41, 5.74) is 0. The molecule has 13 heavy (non-hydrogen) atoms. The summed E-state index contributed by atoms with van der Waals surface area (Å²) in [6.07, 6.45) is 0. The number of hydrogen-bond donors (Lipinski definition) is 1. The molecule has 0 heterocycles. The van der Waals surface area contributed by atoms with Crippen LogP contribution in [0.5, 0.6) is 0 Å². The molecule has 2 unspecified atom stereocenters. The van der Waals surface area contributed by atoms with E-state index in [0.29, 0.717) is 18.6 Å². The molecule has 0 aliphatic rings. The van der Waals surface area contributed by atoms with E-state index >= 15 is 0 Å². The van der Waals surface area contributed by atoms with Crippen LogP contribution in [0.3, 0.4) is 0 Å². The Morgan fingerprint density at radius 3 is 2.38 bits per heavy atom. The monoisotopic (exact) mass is 184 g/mol. The summed E-state index contributed by atoms with van der Waals surface area (Å²) >= 11 is 0. The second-order valence-corrected chi connectivity index (χ2v) is 3.74. The summed E-state index contributed by atoms with van der Waals surface area (Å²) in [6, 6.07) is 2.55. The Morgan fingerprint density at radius 2 is 2.00 bits per heavy atom. The van der Waals surface area contributed by atoms with Gasteiger partial charge in [-0.3, -0.25) is 0 Å². The van der Waals surface area contributed by atoms with Gasteiger partial charge in [-0.25, -0.2) is 0 Å². The Labute approximate surface area is 81.1 Å². The van der Waals surface area contributed by atoms with Gasteiger partial charge >= 0.3 is 0 Å². The maximum Gasteiger partial charge on any atom is 0.0666 e. The van der Waals surface area contributed by atoms with E-state index in [2.05, 4.69) is 25.2 Å². The van der Waals surface area contributed by atoms with Gasteiger partial charge in [0.05, 0.1) is 18.6 Å². The first-order chi connectivity index (χ1) is 6.11. The van der Waals surface area contributed by atoms with Crippen LogP contribution in [-0.2, 0) is 4.74 Å². The van der Waals surface area contributed by atoms with Crippen molar-refractivity contribution in [1.82, 2.24) is 5.32 Å². The van der Waals surface area contributed by atoms with Crippen molar-refractivity contribution in [2.45, 2.75) is 26.8 Å². The summed E-state index contributed by atoms with van der Waals surface area (Å²) in [4.78, 5) is 0. The van der Waals surface area contributed by atoms with E-state index < -0.39 is 0 Å². The standard InChI is InChI=1S/C10H20N2O/c1-8(2)10(7-13-4)12-6-9(3)5-11/h8-10,12H,6-7H2,1-4H3. The van der Waals surface area contributed by atoms with E-state index in [-0.39, 0.29) is 5.92 Å². The van der Waals surface area contributed by atoms with Gasteiger partial charge in [0.1, 0.15) is 0 Å². The van der Waals surface area contributed by atoms with Gasteiger partial charge in [0.25, 0.3) is 0 Å². The first kappa shape index (κ1) is 12.4. The molecule has 0 aliphatic heterocycles. The molecule has 2 atom stereocenters. The van der Waals surface area contributed by atoms with E-state index in [9.17, 15) is 0 Å². The van der Waals surface area contributed by atoms with Crippen LogP contribution in [0.15, 0.2) is 0 Å². The van der Waals surface area contributed by atoms with E-state index in [4.69, 9.17) is 10.00 Å². The molecule has 0 saturated carbocycles. The number of nitrogens with zero attached hydrogens (tertiary/aromatic N) is 1. The second kappa shape index (κ2) is 6.88. The lowest BCUT2D eigenvalue weighted by atomic mass is 10.0. The van der Waals surface area contributed by atoms with E-state index in [0.717, 1.165) is 6.54 Å². The van der Waals surface area contributed by atoms with E-state index in [1.165, 1.54) is 0 Å². The van der Waals surface area contributed by atoms with Crippen molar-refractivity contribution in [2.24, 2.45) is 11.8 Å². The second-order valence-electron chi connectivity index (χ2n) is 3.74. The third-order valence-electron chi connectivity index (χ3n) is 2.06. The largest absolute Gasteiger partial charge is 0.383 e. The number of methoxy groups -OCH3 is 1. The molecule has 0 aromatic rings. The molecule has 0 aromatic carbocycles. The number of nitriles is 1. The summed E-state index contributed by atoms with van der Waals surface area (Å²) < 4.78 is 5.09. The van der Waals surface area contributed by atoms with Crippen LogP contribution in [-0.4, -0.2) is 26.3 Å². The Bertz CT molecular complexity index is 163. The summed E-state index contributed by atoms with van der Waals surface area (Å²) in [6.45, 7) is 7.65. The zero-order chi connectivity index (χ0) is 10.3. The highest BCUT2D eigenvalue weighted by atomic mass is 16.5. The fourth-order valence-electron chi connectivity index (χ4n) is 1.04. The fourth-order valence-corrected chi connectivity index (χ4v) is 1.04. The molecular weight excluding hydrogens is 164 g/mol. The zero-order valence-electron chi connectivity index (χ0n) is 9.00. The van der Waals surface area contributed by atoms with Crippen molar-refractivity contribution in [3.63, 3.8) is 0 Å². The molecule has 1 N–H and O–H groups in total. The average Bonchev–Trinajstić information content (AvgIpc) is 2.11. The molecular formula is C10H20N2O. The predicted molar refractivity (Wildman–Crippen MR) is 53.3 cm³/mol. The number of hydrogen-bond acceptors (Lipinski definition) is 3. The lowest BCUT2D eigenvalue weighted by Gasteiger charge is -2.22. The highest BCUT2D eigenvalue weighted by Crippen LogP contribution is 2.02. The molecule has 3 nitrogen and oxygen atoms in total. The van der Waals surface area contributed by atoms with Gasteiger partial charge < -0.3 is 10.1 Å². The average molecular weight is 184 g/mol. The molecule has 76 valence electrons. The Kier molecular flexibility index (Phi) is 6.56. The summed E-state index contributed by atoms with van der Waals surface area (Å²) in [5, 5.41) is 11.9. The third-order valence-corrected chi connectivity index (χ3v) is 2.06. The highest BCUT2D eigenvalue weighted by Gasteiger charge is 2.13. The molecule has 0 radical (unpaired) electrons. The predicted octanol–water partition coefficient (Wildman–Crippen LogP) is 1.41. The van der Waals surface area contributed by atoms with Crippen molar-refractivity contribution < 1.29 is 4.74 Å². The lowest BCUT2D eigenvalue weighted by Crippen LogP contribution is -2.39. The van der Waals surface area contributed by atoms with Gasteiger partial charge in [-0.15, -0.1) is 0 Å². The number of ether oxygens (including phenoxy) is 1. The van der Waals surface area contributed by atoms with Crippen molar-refractivity contribution in [3.05, 3.63) is 0 Å². The maximum absolute atomic E-state index is 8.59. The summed E-state index contributed by atoms with van der Waals surface area (Å²) in [7, 11) is 1.70. The van der Waals surface area contributed by atoms with E-state index in [1.54, 1.807) is 7.11 Å². The highest BCUT2D eigenvalue weighted by molar-refractivity contribution is 4.82. The Hall–Kier alpha value is -0.590. The SMILES string of the molecule is COCC(NCC(C)C#N)C(C)C. The molecule has 0 rings (SSSR count). The van der Waals surface area contributed by atoms with Crippen LogP contribution >= 0.6 is 0 Å². The quantitative estimate of drug-likeness (QED) is 0.678. The molecule has 0 bridgehead atoms. The maximum atomic E-state index is 8.59. The molecule has 0 spiro atoms. The first-order valence-corrected chi connectivity index (χ1v) is 4.73. The van der Waals surface area contributed by atoms with Crippen LogP contribution in [0.25, 0.3) is 0 Å². The Morgan fingerprint density at radius 1 is 1.38 bits per heavy atom. The molecule has 3 heteroatoms.